The predicted molar refractivity (Wildman–Crippen MR) is 93.8 cm³/mol. The number of thiol groups is 1. The predicted octanol–water partition coefficient (Wildman–Crippen LogP) is 1.02. The fourth-order valence-corrected chi connectivity index (χ4v) is 3.21. The quantitative estimate of drug-likeness (QED) is 0.523. The number of carbonyl (C=O) groups is 1. The molecule has 0 unspecified atom stereocenters. The Kier molecular flexibility index (Phi) is 7.59. The molecule has 0 aromatic carbocycles. The van der Waals surface area contributed by atoms with Crippen molar-refractivity contribution in [2.75, 3.05) is 33.8 Å². The SMILES string of the molecule is C=CCOC(=O)N1C[C@@H](S)C[C@H]1C=C(C)CNS(=O)(=O)N(C)C. The Morgan fingerprint density at radius 3 is 2.74 bits per heavy atom. The molecular weight excluding hydrogens is 338 g/mol. The standard InChI is InChI=1S/C14H25N3O4S2/c1-5-6-21-14(18)17-10-13(22)8-12(17)7-11(2)9-15-23(19,20)16(3)4/h5,7,12-13,15,22H,1,6,8-10H2,2-4H3/t12-,13+/m1/s1. The van der Waals surface area contributed by atoms with Crippen LogP contribution in [0.15, 0.2) is 24.3 Å². The number of carbonyl (C=O) groups excluding carboxylic acids is 1. The van der Waals surface area contributed by atoms with Gasteiger partial charge in [0.25, 0.3) is 10.2 Å². The minimum absolute atomic E-state index is 0.0683. The van der Waals surface area contributed by atoms with Gasteiger partial charge in [-0.3, -0.25) is 0 Å². The third-order valence-electron chi connectivity index (χ3n) is 3.37. The Bertz CT molecular complexity index is 560. The summed E-state index contributed by atoms with van der Waals surface area (Å²) < 4.78 is 32.1. The molecule has 0 spiro atoms. The highest BCUT2D eigenvalue weighted by atomic mass is 32.2. The number of hydrogen-bond donors (Lipinski definition) is 2. The highest BCUT2D eigenvalue weighted by molar-refractivity contribution is 7.87. The number of amides is 1. The van der Waals surface area contributed by atoms with E-state index in [9.17, 15) is 13.2 Å². The summed E-state index contributed by atoms with van der Waals surface area (Å²) in [6.45, 7) is 6.17. The molecule has 0 radical (unpaired) electrons. The van der Waals surface area contributed by atoms with Gasteiger partial charge in [0, 0.05) is 32.4 Å². The van der Waals surface area contributed by atoms with E-state index < -0.39 is 16.3 Å². The Morgan fingerprint density at radius 2 is 2.17 bits per heavy atom. The third kappa shape index (κ3) is 6.17. The molecule has 132 valence electrons. The second-order valence-electron chi connectivity index (χ2n) is 5.60. The molecule has 1 fully saturated rings. The molecule has 0 aliphatic carbocycles. The van der Waals surface area contributed by atoms with Gasteiger partial charge in [0.15, 0.2) is 0 Å². The molecule has 23 heavy (non-hydrogen) atoms. The number of rotatable bonds is 7. The van der Waals surface area contributed by atoms with Gasteiger partial charge in [-0.05, 0) is 13.3 Å². The molecular formula is C14H25N3O4S2. The van der Waals surface area contributed by atoms with E-state index in [1.807, 2.05) is 13.0 Å². The van der Waals surface area contributed by atoms with Crippen molar-refractivity contribution in [1.29, 1.82) is 0 Å². The number of nitrogens with zero attached hydrogens (tertiary/aromatic N) is 2. The van der Waals surface area contributed by atoms with Gasteiger partial charge in [-0.2, -0.15) is 30.1 Å². The summed E-state index contributed by atoms with van der Waals surface area (Å²) in [4.78, 5) is 13.6. The van der Waals surface area contributed by atoms with Gasteiger partial charge < -0.3 is 9.64 Å². The fourth-order valence-electron chi connectivity index (χ4n) is 2.15. The fraction of sp³-hybridized carbons (Fsp3) is 0.643. The van der Waals surface area contributed by atoms with Gasteiger partial charge >= 0.3 is 6.09 Å². The number of ether oxygens (including phenoxy) is 1. The van der Waals surface area contributed by atoms with Gasteiger partial charge in [-0.25, -0.2) is 4.79 Å². The van der Waals surface area contributed by atoms with E-state index in [0.717, 1.165) is 9.88 Å². The Hall–Kier alpha value is -1.03. The first-order chi connectivity index (χ1) is 10.7. The molecule has 2 atom stereocenters. The van der Waals surface area contributed by atoms with E-state index in [0.29, 0.717) is 13.0 Å². The van der Waals surface area contributed by atoms with Crippen LogP contribution >= 0.6 is 12.6 Å². The van der Waals surface area contributed by atoms with E-state index in [2.05, 4.69) is 23.9 Å². The van der Waals surface area contributed by atoms with E-state index in [4.69, 9.17) is 4.74 Å². The first-order valence-corrected chi connectivity index (χ1v) is 9.19. The smallest absolute Gasteiger partial charge is 0.410 e. The first-order valence-electron chi connectivity index (χ1n) is 7.24. The van der Waals surface area contributed by atoms with Crippen molar-refractivity contribution in [2.24, 2.45) is 0 Å². The Balaban J connectivity index is 2.70. The van der Waals surface area contributed by atoms with Crippen LogP contribution in [-0.2, 0) is 14.9 Å². The van der Waals surface area contributed by atoms with Crippen LogP contribution in [0.4, 0.5) is 4.79 Å². The zero-order valence-corrected chi connectivity index (χ0v) is 15.4. The third-order valence-corrected chi connectivity index (χ3v) is 5.22. The zero-order valence-electron chi connectivity index (χ0n) is 13.7. The lowest BCUT2D eigenvalue weighted by Gasteiger charge is -2.22. The average Bonchev–Trinajstić information content (AvgIpc) is 2.83. The molecule has 9 heteroatoms. The maximum Gasteiger partial charge on any atom is 0.410 e. The molecule has 1 amide bonds. The van der Waals surface area contributed by atoms with Crippen LogP contribution in [0.1, 0.15) is 13.3 Å². The van der Waals surface area contributed by atoms with Crippen molar-refractivity contribution in [3.8, 4) is 0 Å². The normalized spacial score (nSPS) is 22.5. The van der Waals surface area contributed by atoms with Crippen molar-refractivity contribution in [2.45, 2.75) is 24.6 Å². The van der Waals surface area contributed by atoms with Crippen molar-refractivity contribution in [3.05, 3.63) is 24.3 Å². The van der Waals surface area contributed by atoms with Gasteiger partial charge in [0.2, 0.25) is 0 Å². The van der Waals surface area contributed by atoms with Gasteiger partial charge in [0.05, 0.1) is 6.04 Å². The minimum atomic E-state index is -3.47. The summed E-state index contributed by atoms with van der Waals surface area (Å²) in [6.07, 6.45) is 3.68. The summed E-state index contributed by atoms with van der Waals surface area (Å²) in [5, 5.41) is 0.0683. The molecule has 1 aliphatic rings. The molecule has 1 N–H and O–H groups in total. The Morgan fingerprint density at radius 1 is 1.52 bits per heavy atom. The first kappa shape index (κ1) is 20.0. The van der Waals surface area contributed by atoms with Gasteiger partial charge in [0.1, 0.15) is 6.61 Å². The molecule has 0 aromatic rings. The van der Waals surface area contributed by atoms with Crippen molar-refractivity contribution >= 4 is 28.9 Å². The highest BCUT2D eigenvalue weighted by Crippen LogP contribution is 2.24. The highest BCUT2D eigenvalue weighted by Gasteiger charge is 2.33. The number of hydrogen-bond acceptors (Lipinski definition) is 5. The second kappa shape index (κ2) is 8.72. The summed E-state index contributed by atoms with van der Waals surface area (Å²) >= 11 is 4.43. The van der Waals surface area contributed by atoms with Crippen molar-refractivity contribution < 1.29 is 17.9 Å². The molecule has 1 rings (SSSR count). The van der Waals surface area contributed by atoms with E-state index >= 15 is 0 Å². The lowest BCUT2D eigenvalue weighted by Crippen LogP contribution is -2.37. The van der Waals surface area contributed by atoms with Crippen molar-refractivity contribution in [1.82, 2.24) is 13.9 Å². The summed E-state index contributed by atoms with van der Waals surface area (Å²) in [5.74, 6) is 0. The molecule has 0 aromatic heterocycles. The topological polar surface area (TPSA) is 79.0 Å². The lowest BCUT2D eigenvalue weighted by molar-refractivity contribution is 0.114. The van der Waals surface area contributed by atoms with Crippen molar-refractivity contribution in [3.63, 3.8) is 0 Å². The van der Waals surface area contributed by atoms with Gasteiger partial charge in [-0.15, -0.1) is 0 Å². The van der Waals surface area contributed by atoms with Crippen LogP contribution in [0.5, 0.6) is 0 Å². The molecule has 1 heterocycles. The molecule has 0 saturated carbocycles. The molecule has 1 saturated heterocycles. The lowest BCUT2D eigenvalue weighted by atomic mass is 10.1. The summed E-state index contributed by atoms with van der Waals surface area (Å²) in [6, 6.07) is -0.154. The summed E-state index contributed by atoms with van der Waals surface area (Å²) in [5.41, 5.74) is 0.823. The van der Waals surface area contributed by atoms with Crippen LogP contribution in [0.25, 0.3) is 0 Å². The van der Waals surface area contributed by atoms with Crippen LogP contribution in [0.3, 0.4) is 0 Å². The van der Waals surface area contributed by atoms with Crippen LogP contribution < -0.4 is 4.72 Å². The van der Waals surface area contributed by atoms with Crippen LogP contribution in [-0.4, -0.2) is 68.8 Å². The van der Waals surface area contributed by atoms with E-state index in [1.165, 1.54) is 20.2 Å². The van der Waals surface area contributed by atoms with E-state index in [-0.39, 0.29) is 24.4 Å². The average molecular weight is 364 g/mol. The van der Waals surface area contributed by atoms with Gasteiger partial charge in [-0.1, -0.05) is 24.3 Å². The maximum absolute atomic E-state index is 12.0. The van der Waals surface area contributed by atoms with Crippen LogP contribution in [0, 0.1) is 0 Å². The number of nitrogens with one attached hydrogen (secondary N) is 1. The Labute approximate surface area is 143 Å². The summed E-state index contributed by atoms with van der Waals surface area (Å²) in [7, 11) is -0.549. The second-order valence-corrected chi connectivity index (χ2v) is 8.30. The number of likely N-dealkylation sites (tertiary alicyclic amines) is 1. The van der Waals surface area contributed by atoms with Crippen LogP contribution in [0.2, 0.25) is 0 Å². The molecule has 1 aliphatic heterocycles. The monoisotopic (exact) mass is 363 g/mol. The molecule has 7 nitrogen and oxygen atoms in total. The largest absolute Gasteiger partial charge is 0.445 e. The van der Waals surface area contributed by atoms with E-state index in [1.54, 1.807) is 4.90 Å². The molecule has 0 bridgehead atoms. The zero-order chi connectivity index (χ0) is 17.6. The minimum Gasteiger partial charge on any atom is -0.445 e. The maximum atomic E-state index is 12.0.